The minimum absolute atomic E-state index is 0.134. The van der Waals surface area contributed by atoms with Crippen molar-refractivity contribution in [2.45, 2.75) is 32.7 Å². The summed E-state index contributed by atoms with van der Waals surface area (Å²) in [6.45, 7) is 8.39. The fraction of sp³-hybridized carbons (Fsp3) is 0.429. The van der Waals surface area contributed by atoms with Crippen molar-refractivity contribution in [1.82, 2.24) is 9.80 Å². The molecule has 7 heteroatoms. The summed E-state index contributed by atoms with van der Waals surface area (Å²) in [5.41, 5.74) is 3.45. The maximum absolute atomic E-state index is 13.2. The predicted molar refractivity (Wildman–Crippen MR) is 134 cm³/mol. The van der Waals surface area contributed by atoms with Crippen LogP contribution in [0.4, 0.5) is 0 Å². The van der Waals surface area contributed by atoms with Crippen LogP contribution in [-0.4, -0.2) is 73.1 Å². The van der Waals surface area contributed by atoms with E-state index in [1.165, 1.54) is 5.56 Å². The molecule has 7 nitrogen and oxygen atoms in total. The largest absolute Gasteiger partial charge is 0.507 e. The Morgan fingerprint density at radius 2 is 1.80 bits per heavy atom. The minimum atomic E-state index is -0.646. The molecule has 0 spiro atoms. The molecule has 35 heavy (non-hydrogen) atoms. The van der Waals surface area contributed by atoms with E-state index in [1.807, 2.05) is 31.2 Å². The van der Waals surface area contributed by atoms with Crippen LogP contribution in [0.1, 0.15) is 41.6 Å². The number of ketones is 1. The second-order valence-corrected chi connectivity index (χ2v) is 9.08. The molecule has 2 aliphatic heterocycles. The van der Waals surface area contributed by atoms with Crippen molar-refractivity contribution in [2.75, 3.05) is 46.5 Å². The van der Waals surface area contributed by atoms with Crippen LogP contribution >= 0.6 is 0 Å². The van der Waals surface area contributed by atoms with Crippen molar-refractivity contribution in [3.63, 3.8) is 0 Å². The number of Topliss-reactive ketones (excluding diaryl/α,β-unsaturated/α-hetero) is 1. The van der Waals surface area contributed by atoms with Gasteiger partial charge in [-0.3, -0.25) is 14.5 Å². The van der Waals surface area contributed by atoms with Crippen molar-refractivity contribution in [3.8, 4) is 5.75 Å². The third-order valence-electron chi connectivity index (χ3n) is 6.89. The molecule has 2 fully saturated rings. The van der Waals surface area contributed by atoms with Crippen molar-refractivity contribution >= 4 is 17.4 Å². The molecule has 2 heterocycles. The molecule has 0 unspecified atom stereocenters. The quantitative estimate of drug-likeness (QED) is 0.354. The molecule has 1 atom stereocenters. The van der Waals surface area contributed by atoms with E-state index in [2.05, 4.69) is 11.8 Å². The highest BCUT2D eigenvalue weighted by Gasteiger charge is 2.45. The Morgan fingerprint density at radius 3 is 2.43 bits per heavy atom. The van der Waals surface area contributed by atoms with Crippen LogP contribution in [-0.2, 0) is 20.7 Å². The molecule has 0 bridgehead atoms. The van der Waals surface area contributed by atoms with E-state index in [-0.39, 0.29) is 11.3 Å². The Kier molecular flexibility index (Phi) is 7.88. The molecule has 0 saturated carbocycles. The lowest BCUT2D eigenvalue weighted by Crippen LogP contribution is -2.38. The lowest BCUT2D eigenvalue weighted by Gasteiger charge is -2.29. The number of nitrogens with zero attached hydrogens (tertiary/aromatic N) is 2. The standard InChI is InChI=1S/C28H34N2O5/c1-4-20-6-8-21(9-7-20)25-24(26(31)22-10-11-23(34-3)19(2)18-22)27(32)28(33)30(25)13-5-12-29-14-16-35-17-15-29/h6-11,18,25,31H,4-5,12-17H2,1-3H3/b26-24+/t25-/m1/s1. The number of rotatable bonds is 8. The molecule has 0 radical (unpaired) electrons. The van der Waals surface area contributed by atoms with E-state index >= 15 is 0 Å². The lowest BCUT2D eigenvalue weighted by molar-refractivity contribution is -0.140. The first-order valence-corrected chi connectivity index (χ1v) is 12.3. The topological polar surface area (TPSA) is 79.3 Å². The van der Waals surface area contributed by atoms with Crippen LogP contribution in [0.2, 0.25) is 0 Å². The van der Waals surface area contributed by atoms with Gasteiger partial charge in [-0.15, -0.1) is 0 Å². The lowest BCUT2D eigenvalue weighted by atomic mass is 9.94. The number of hydrogen-bond acceptors (Lipinski definition) is 6. The number of morpholine rings is 1. The number of amides is 1. The van der Waals surface area contributed by atoms with E-state index in [0.29, 0.717) is 17.9 Å². The summed E-state index contributed by atoms with van der Waals surface area (Å²) in [7, 11) is 1.59. The Balaban J connectivity index is 1.69. The van der Waals surface area contributed by atoms with Crippen LogP contribution in [0.15, 0.2) is 48.0 Å². The molecule has 2 aromatic carbocycles. The summed E-state index contributed by atoms with van der Waals surface area (Å²) in [6, 6.07) is 12.6. The molecular weight excluding hydrogens is 444 g/mol. The normalized spacial score (nSPS) is 20.4. The number of methoxy groups -OCH3 is 1. The second-order valence-electron chi connectivity index (χ2n) is 9.08. The van der Waals surface area contributed by atoms with Crippen LogP contribution in [0.5, 0.6) is 5.75 Å². The zero-order valence-electron chi connectivity index (χ0n) is 20.8. The number of likely N-dealkylation sites (tertiary alicyclic amines) is 1. The fourth-order valence-electron chi connectivity index (χ4n) is 4.86. The van der Waals surface area contributed by atoms with Gasteiger partial charge in [0.2, 0.25) is 0 Å². The van der Waals surface area contributed by atoms with Crippen LogP contribution < -0.4 is 4.74 Å². The van der Waals surface area contributed by atoms with Gasteiger partial charge in [-0.05, 0) is 54.7 Å². The summed E-state index contributed by atoms with van der Waals surface area (Å²) in [5.74, 6) is -0.679. The van der Waals surface area contributed by atoms with Gasteiger partial charge < -0.3 is 19.5 Å². The molecule has 2 aromatic rings. The van der Waals surface area contributed by atoms with E-state index in [4.69, 9.17) is 9.47 Å². The molecular formula is C28H34N2O5. The monoisotopic (exact) mass is 478 g/mol. The summed E-state index contributed by atoms with van der Waals surface area (Å²) in [4.78, 5) is 30.4. The average molecular weight is 479 g/mol. The van der Waals surface area contributed by atoms with Gasteiger partial charge in [-0.2, -0.15) is 0 Å². The third-order valence-corrected chi connectivity index (χ3v) is 6.89. The SMILES string of the molecule is CCc1ccc([C@@H]2/C(=C(\O)c3ccc(OC)c(C)c3)C(=O)C(=O)N2CCCN2CCOCC2)cc1. The van der Waals surface area contributed by atoms with E-state index < -0.39 is 17.7 Å². The van der Waals surface area contributed by atoms with E-state index in [0.717, 1.165) is 56.8 Å². The van der Waals surface area contributed by atoms with Gasteiger partial charge in [-0.1, -0.05) is 31.2 Å². The summed E-state index contributed by atoms with van der Waals surface area (Å²) >= 11 is 0. The number of carbonyl (C=O) groups excluding carboxylic acids is 2. The summed E-state index contributed by atoms with van der Waals surface area (Å²) in [6.07, 6.45) is 1.63. The molecule has 1 N–H and O–H groups in total. The molecule has 4 rings (SSSR count). The number of carbonyl (C=O) groups is 2. The van der Waals surface area contributed by atoms with E-state index in [1.54, 1.807) is 30.2 Å². The molecule has 1 amide bonds. The average Bonchev–Trinajstić information content (AvgIpc) is 3.14. The number of aryl methyl sites for hydroxylation is 2. The van der Waals surface area contributed by atoms with Crippen LogP contribution in [0.3, 0.4) is 0 Å². The Morgan fingerprint density at radius 1 is 1.09 bits per heavy atom. The molecule has 0 aromatic heterocycles. The summed E-state index contributed by atoms with van der Waals surface area (Å²) in [5, 5.41) is 11.3. The molecule has 2 saturated heterocycles. The van der Waals surface area contributed by atoms with Crippen LogP contribution in [0.25, 0.3) is 5.76 Å². The number of aliphatic hydroxyl groups excluding tert-OH is 1. The fourth-order valence-corrected chi connectivity index (χ4v) is 4.86. The molecule has 2 aliphatic rings. The highest BCUT2D eigenvalue weighted by molar-refractivity contribution is 6.46. The van der Waals surface area contributed by atoms with E-state index in [9.17, 15) is 14.7 Å². The Labute approximate surface area is 206 Å². The first-order valence-electron chi connectivity index (χ1n) is 12.3. The van der Waals surface area contributed by atoms with Crippen molar-refractivity contribution in [3.05, 3.63) is 70.3 Å². The van der Waals surface area contributed by atoms with Gasteiger partial charge in [0.05, 0.1) is 31.9 Å². The Hall–Kier alpha value is -3.16. The highest BCUT2D eigenvalue weighted by atomic mass is 16.5. The van der Waals surface area contributed by atoms with Crippen LogP contribution in [0, 0.1) is 6.92 Å². The number of hydrogen-bond donors (Lipinski definition) is 1. The Bertz CT molecular complexity index is 1100. The van der Waals surface area contributed by atoms with Gasteiger partial charge in [0.15, 0.2) is 0 Å². The highest BCUT2D eigenvalue weighted by Crippen LogP contribution is 2.40. The molecule has 0 aliphatic carbocycles. The van der Waals surface area contributed by atoms with Gasteiger partial charge in [0.25, 0.3) is 11.7 Å². The van der Waals surface area contributed by atoms with Crippen molar-refractivity contribution < 1.29 is 24.2 Å². The zero-order valence-corrected chi connectivity index (χ0v) is 20.8. The first kappa shape index (κ1) is 24.9. The smallest absolute Gasteiger partial charge is 0.295 e. The maximum Gasteiger partial charge on any atom is 0.295 e. The minimum Gasteiger partial charge on any atom is -0.507 e. The zero-order chi connectivity index (χ0) is 24.9. The number of ether oxygens (including phenoxy) is 2. The van der Waals surface area contributed by atoms with Gasteiger partial charge in [0, 0.05) is 31.7 Å². The second kappa shape index (κ2) is 11.1. The predicted octanol–water partition coefficient (Wildman–Crippen LogP) is 3.71. The first-order chi connectivity index (χ1) is 16.9. The number of benzene rings is 2. The van der Waals surface area contributed by atoms with Crippen molar-refractivity contribution in [1.29, 1.82) is 0 Å². The van der Waals surface area contributed by atoms with Crippen molar-refractivity contribution in [2.24, 2.45) is 0 Å². The summed E-state index contributed by atoms with van der Waals surface area (Å²) < 4.78 is 10.7. The van der Waals surface area contributed by atoms with Gasteiger partial charge in [-0.25, -0.2) is 0 Å². The van der Waals surface area contributed by atoms with Gasteiger partial charge >= 0.3 is 0 Å². The van der Waals surface area contributed by atoms with Gasteiger partial charge in [0.1, 0.15) is 11.5 Å². The molecule has 186 valence electrons. The number of aliphatic hydroxyl groups is 1. The maximum atomic E-state index is 13.2. The third kappa shape index (κ3) is 5.26.